The Labute approximate surface area is 575 Å². The first-order valence-electron chi connectivity index (χ1n) is 30.9. The van der Waals surface area contributed by atoms with Crippen molar-refractivity contribution in [1.82, 2.24) is 55.7 Å². The number of aromatic amines is 1. The lowest BCUT2D eigenvalue weighted by Crippen LogP contribution is -2.09. The van der Waals surface area contributed by atoms with E-state index in [1.54, 1.807) is 80.6 Å². The zero-order chi connectivity index (χ0) is 73.1. The van der Waals surface area contributed by atoms with E-state index in [2.05, 4.69) is 69.5 Å². The molecule has 522 valence electrons. The molecule has 0 aliphatic carbocycles. The number of nitrogens with one attached hydrogen (secondary N) is 1. The van der Waals surface area contributed by atoms with Crippen LogP contribution in [0.5, 0.6) is 0 Å². The van der Waals surface area contributed by atoms with Gasteiger partial charge in [0.2, 0.25) is 46.9 Å². The fraction of sp³-hybridized carbons (Fsp3) is 0.274. The van der Waals surface area contributed by atoms with Crippen LogP contribution in [0.15, 0.2) is 199 Å². The Kier molecular flexibility index (Phi) is 37.3. The van der Waals surface area contributed by atoms with Crippen molar-refractivity contribution in [2.75, 3.05) is 12.9 Å². The Balaban J connectivity index is 0.000000290. The number of methoxy groups -OCH3 is 1. The highest BCUT2D eigenvalue weighted by molar-refractivity contribution is 7.90. The number of carbonyl (C=O) groups excluding carboxylic acids is 5. The third-order valence-corrected chi connectivity index (χ3v) is 14.0. The van der Waals surface area contributed by atoms with Gasteiger partial charge >= 0.3 is 5.97 Å². The molecule has 0 saturated carbocycles. The Morgan fingerprint density at radius 2 is 0.960 bits per heavy atom. The number of ketones is 4. The molecular formula is C73H84FN11O13S. The number of carbonyl (C=O) groups is 5. The number of aryl methyl sites for hydroxylation is 6. The number of ether oxygens (including phenoxy) is 1. The largest absolute Gasteiger partial charge is 0.469 e. The number of benzene rings is 6. The summed E-state index contributed by atoms with van der Waals surface area (Å²) >= 11 is 0. The van der Waals surface area contributed by atoms with Crippen molar-refractivity contribution in [2.45, 2.75) is 121 Å². The summed E-state index contributed by atoms with van der Waals surface area (Å²) < 4.78 is 62.9. The SMILES string of the molecule is CC(=O)Cc1ccccc1.CC(=O)c1c[nH]c2ccccc12.CC(=O)c1ccccc1.CCCC(C)=O.CCCS(=O)(=O)Cc1noc(C)n1.COC(C)=O.Cc1ccc(-c2noc(C)n2)cc1.Cc1nc(-c2ccc(F)cc2)no1.Cc1nc(-c2ccccc2)no1.Cc1ncno1. The summed E-state index contributed by atoms with van der Waals surface area (Å²) in [5.41, 5.74) is 7.60. The molecule has 6 aromatic carbocycles. The smallest absolute Gasteiger partial charge is 0.302 e. The number of esters is 1. The van der Waals surface area contributed by atoms with Crippen LogP contribution in [-0.4, -0.2) is 106 Å². The van der Waals surface area contributed by atoms with E-state index in [4.69, 9.17) is 13.6 Å². The van der Waals surface area contributed by atoms with E-state index >= 15 is 0 Å². The molecule has 0 bridgehead atoms. The highest BCUT2D eigenvalue weighted by Gasteiger charge is 2.15. The molecule has 0 radical (unpaired) electrons. The number of fused-ring (bicyclic) bond motifs is 1. The number of aromatic nitrogens is 11. The second kappa shape index (κ2) is 45.1. The van der Waals surface area contributed by atoms with Crippen LogP contribution < -0.4 is 0 Å². The number of sulfone groups is 1. The van der Waals surface area contributed by atoms with Crippen molar-refractivity contribution in [3.63, 3.8) is 0 Å². The quantitative estimate of drug-likeness (QED) is 0.0827. The van der Waals surface area contributed by atoms with Crippen molar-refractivity contribution in [1.29, 1.82) is 0 Å². The summed E-state index contributed by atoms with van der Waals surface area (Å²) in [5, 5.41) is 19.2. The molecule has 0 saturated heterocycles. The van der Waals surface area contributed by atoms with Gasteiger partial charge in [-0.05, 0) is 83.4 Å². The Morgan fingerprint density at radius 3 is 1.32 bits per heavy atom. The molecule has 12 aromatic rings. The van der Waals surface area contributed by atoms with Gasteiger partial charge in [0.05, 0.1) is 12.9 Å². The first-order chi connectivity index (χ1) is 47.2. The number of hydrogen-bond donors (Lipinski definition) is 1. The van der Waals surface area contributed by atoms with Crippen LogP contribution in [-0.2, 0) is 41.1 Å². The van der Waals surface area contributed by atoms with Crippen LogP contribution in [0.4, 0.5) is 4.39 Å². The van der Waals surface area contributed by atoms with Gasteiger partial charge < -0.3 is 37.1 Å². The molecule has 0 fully saturated rings. The van der Waals surface area contributed by atoms with Gasteiger partial charge in [-0.1, -0.05) is 179 Å². The van der Waals surface area contributed by atoms with Gasteiger partial charge in [0.15, 0.2) is 33.6 Å². The second-order valence-corrected chi connectivity index (χ2v) is 23.4. The van der Waals surface area contributed by atoms with Gasteiger partial charge in [-0.15, -0.1) is 0 Å². The van der Waals surface area contributed by atoms with Crippen LogP contribution in [0.3, 0.4) is 0 Å². The highest BCUT2D eigenvalue weighted by atomic mass is 32.2. The van der Waals surface area contributed by atoms with Gasteiger partial charge in [0, 0.05) is 99.3 Å². The minimum Gasteiger partial charge on any atom is -0.469 e. The first kappa shape index (κ1) is 81.8. The molecule has 0 atom stereocenters. The number of nitrogens with zero attached hydrogens (tertiary/aromatic N) is 10. The predicted octanol–water partition coefficient (Wildman–Crippen LogP) is 15.3. The summed E-state index contributed by atoms with van der Waals surface area (Å²) in [5.74, 6) is 4.95. The molecule has 6 heterocycles. The molecule has 24 nitrogen and oxygen atoms in total. The van der Waals surface area contributed by atoms with E-state index < -0.39 is 9.84 Å². The van der Waals surface area contributed by atoms with E-state index in [1.807, 2.05) is 160 Å². The zero-order valence-electron chi connectivity index (χ0n) is 58.1. The fourth-order valence-electron chi connectivity index (χ4n) is 7.62. The maximum Gasteiger partial charge on any atom is 0.302 e. The Bertz CT molecular complexity index is 4290. The Hall–Kier alpha value is -11.4. The van der Waals surface area contributed by atoms with Crippen LogP contribution in [0.2, 0.25) is 0 Å². The number of Topliss-reactive ketones (excluding diaryl/α,β-unsaturated/α-hetero) is 4. The number of rotatable bonds is 13. The maximum atomic E-state index is 12.5. The van der Waals surface area contributed by atoms with Crippen LogP contribution in [0.25, 0.3) is 45.1 Å². The molecular weight excluding hydrogens is 1290 g/mol. The van der Waals surface area contributed by atoms with E-state index in [9.17, 15) is 36.8 Å². The van der Waals surface area contributed by atoms with Crippen molar-refractivity contribution in [3.05, 3.63) is 240 Å². The normalized spacial score (nSPS) is 9.89. The van der Waals surface area contributed by atoms with E-state index in [0.29, 0.717) is 59.8 Å². The van der Waals surface area contributed by atoms with E-state index in [0.717, 1.165) is 57.1 Å². The zero-order valence-corrected chi connectivity index (χ0v) is 58.9. The van der Waals surface area contributed by atoms with Gasteiger partial charge in [-0.3, -0.25) is 19.2 Å². The number of halogens is 1. The van der Waals surface area contributed by atoms with Crippen molar-refractivity contribution in [3.8, 4) is 34.2 Å². The van der Waals surface area contributed by atoms with E-state index in [-0.39, 0.29) is 52.2 Å². The summed E-state index contributed by atoms with van der Waals surface area (Å²) in [6.45, 7) is 22.2. The molecule has 12 rings (SSSR count). The molecule has 0 spiro atoms. The molecule has 0 aliphatic heterocycles. The second-order valence-electron chi connectivity index (χ2n) is 21.2. The lowest BCUT2D eigenvalue weighted by atomic mass is 10.1. The molecule has 99 heavy (non-hydrogen) atoms. The average Bonchev–Trinajstić information content (AvgIpc) is 1.71. The molecule has 0 aliphatic rings. The molecule has 0 unspecified atom stereocenters. The number of H-pyrrole nitrogens is 1. The molecule has 6 aromatic heterocycles. The topological polar surface area (TPSA) is 339 Å². The summed E-state index contributed by atoms with van der Waals surface area (Å²) in [6.07, 6.45) is 6.01. The standard InChI is InChI=1S/C10H10N2O.C10H9NO.C9H7FN2O.C9H8N2O.C9H10O.C8H8O.C7H12N2O3S.C5H10O.C3H4N2O.C3H6O2/c1-7-3-5-9(6-4-7)10-11-8(2)13-12-10;1-7(12)9-6-11-10-5-3-2-4-8(9)10;1-6-11-9(12-13-6)7-2-4-8(10)5-3-7;1-7-10-9(11-12-7)8-5-3-2-4-6-8;1-8(10)7-9-5-3-2-4-6-9;1-7(9)8-5-3-2-4-6-8;1-3-4-13(10,11)5-7-8-6(2)12-9-7;1-3-4-5(2)6;1-3-4-2-5-6-3;1-3(4)5-2/h3-6H,1-2H3;2-6,11H,1H3;2-5H,1H3;2-6H,1H3;2-6H,7H2,1H3;2-6H,1H3;3-5H2,1-2H3;3-4H2,1-2H3;2H,1H3;1-2H3. The van der Waals surface area contributed by atoms with Gasteiger partial charge in [0.25, 0.3) is 0 Å². The number of hydrogen-bond acceptors (Lipinski definition) is 23. The lowest BCUT2D eigenvalue weighted by Gasteiger charge is -1.96. The van der Waals surface area contributed by atoms with Gasteiger partial charge in [-0.2, -0.15) is 24.9 Å². The van der Waals surface area contributed by atoms with Crippen molar-refractivity contribution >= 4 is 49.8 Å². The van der Waals surface area contributed by atoms with Crippen LogP contribution >= 0.6 is 0 Å². The van der Waals surface area contributed by atoms with E-state index in [1.165, 1.54) is 38.1 Å². The van der Waals surface area contributed by atoms with Crippen molar-refractivity contribution in [2.24, 2.45) is 0 Å². The minimum absolute atomic E-state index is 0.104. The number of para-hydroxylation sites is 1. The predicted molar refractivity (Wildman–Crippen MR) is 373 cm³/mol. The molecule has 0 amide bonds. The van der Waals surface area contributed by atoms with Crippen molar-refractivity contribution < 1.29 is 64.1 Å². The maximum absolute atomic E-state index is 12.5. The van der Waals surface area contributed by atoms with Gasteiger partial charge in [-0.25, -0.2) is 12.8 Å². The average molecular weight is 1370 g/mol. The fourth-order valence-corrected chi connectivity index (χ4v) is 8.89. The van der Waals surface area contributed by atoms with Crippen LogP contribution in [0.1, 0.15) is 135 Å². The molecule has 1 N–H and O–H groups in total. The summed E-state index contributed by atoms with van der Waals surface area (Å²) in [6, 6.07) is 50.5. The Morgan fingerprint density at radius 1 is 0.505 bits per heavy atom. The molecule has 26 heteroatoms. The third-order valence-electron chi connectivity index (χ3n) is 12.3. The lowest BCUT2D eigenvalue weighted by molar-refractivity contribution is -0.138. The van der Waals surface area contributed by atoms with Gasteiger partial charge in [0.1, 0.15) is 23.1 Å². The first-order valence-corrected chi connectivity index (χ1v) is 32.8. The minimum atomic E-state index is -3.06. The third kappa shape index (κ3) is 34.7. The monoisotopic (exact) mass is 1370 g/mol. The van der Waals surface area contributed by atoms with Crippen LogP contribution in [0, 0.1) is 47.4 Å². The summed E-state index contributed by atoms with van der Waals surface area (Å²) in [7, 11) is -1.71. The highest BCUT2D eigenvalue weighted by Crippen LogP contribution is 2.19. The summed E-state index contributed by atoms with van der Waals surface area (Å²) in [4.78, 5) is 74.7.